The fourth-order valence-electron chi connectivity index (χ4n) is 2.89. The Labute approximate surface area is 133 Å². The second-order valence-electron chi connectivity index (χ2n) is 5.67. The molecule has 1 atom stereocenters. The Morgan fingerprint density at radius 3 is 2.79 bits per heavy atom. The Hall–Kier alpha value is -2.72. The fraction of sp³-hybridized carbons (Fsp3) is 0.462. The Kier molecular flexibility index (Phi) is 3.18. The van der Waals surface area contributed by atoms with Crippen LogP contribution < -0.4 is 4.90 Å². The quantitative estimate of drug-likeness (QED) is 0.705. The number of halogens is 3. The second kappa shape index (κ2) is 5.14. The first kappa shape index (κ1) is 14.8. The topological polar surface area (TPSA) is 77.0 Å². The molecule has 126 valence electrons. The standard InChI is InChI=1S/C13H13F3N8/c1-8-6-10(22-4-2-9(7-22)23-5-3-17-21-23)24-12(18-8)19-11(20-24)13(14,15)16/h3,5-6,9H,2,4,7H2,1H3. The molecule has 0 radical (unpaired) electrons. The van der Waals surface area contributed by atoms with E-state index in [1.807, 2.05) is 4.90 Å². The summed E-state index contributed by atoms with van der Waals surface area (Å²) in [5.74, 6) is -0.696. The summed E-state index contributed by atoms with van der Waals surface area (Å²) in [5.41, 5.74) is 0.586. The van der Waals surface area contributed by atoms with E-state index in [1.165, 1.54) is 0 Å². The number of nitrogens with zero attached hydrogens (tertiary/aromatic N) is 8. The van der Waals surface area contributed by atoms with Crippen LogP contribution in [0, 0.1) is 6.92 Å². The lowest BCUT2D eigenvalue weighted by Crippen LogP contribution is -2.24. The van der Waals surface area contributed by atoms with Crippen molar-refractivity contribution in [2.24, 2.45) is 0 Å². The Bertz CT molecular complexity index is 869. The molecule has 0 amide bonds. The van der Waals surface area contributed by atoms with E-state index < -0.39 is 12.0 Å². The summed E-state index contributed by atoms with van der Waals surface area (Å²) in [6, 6.07) is 1.83. The minimum atomic E-state index is -4.60. The molecule has 3 aromatic heterocycles. The molecular weight excluding hydrogens is 325 g/mol. The monoisotopic (exact) mass is 338 g/mol. The van der Waals surface area contributed by atoms with Gasteiger partial charge in [0, 0.05) is 31.0 Å². The number of fused-ring (bicyclic) bond motifs is 1. The smallest absolute Gasteiger partial charge is 0.354 e. The van der Waals surface area contributed by atoms with Crippen molar-refractivity contribution in [3.05, 3.63) is 30.0 Å². The molecule has 0 N–H and O–H groups in total. The molecule has 1 fully saturated rings. The van der Waals surface area contributed by atoms with Crippen molar-refractivity contribution in [2.45, 2.75) is 25.6 Å². The summed E-state index contributed by atoms with van der Waals surface area (Å²) >= 11 is 0. The summed E-state index contributed by atoms with van der Waals surface area (Å²) in [7, 11) is 0. The summed E-state index contributed by atoms with van der Waals surface area (Å²) in [5, 5.41) is 11.4. The van der Waals surface area contributed by atoms with Crippen molar-refractivity contribution in [1.29, 1.82) is 0 Å². The number of aryl methyl sites for hydroxylation is 1. The number of anilines is 1. The molecule has 0 aliphatic carbocycles. The highest BCUT2D eigenvalue weighted by molar-refractivity contribution is 5.48. The summed E-state index contributed by atoms with van der Waals surface area (Å²) in [6.45, 7) is 2.99. The van der Waals surface area contributed by atoms with Gasteiger partial charge in [-0.15, -0.1) is 10.2 Å². The van der Waals surface area contributed by atoms with Crippen LogP contribution in [0.15, 0.2) is 18.5 Å². The molecule has 1 saturated heterocycles. The Balaban J connectivity index is 1.72. The molecule has 0 saturated carbocycles. The molecule has 24 heavy (non-hydrogen) atoms. The predicted molar refractivity (Wildman–Crippen MR) is 76.4 cm³/mol. The molecule has 3 aromatic rings. The highest BCUT2D eigenvalue weighted by Gasteiger charge is 2.37. The third kappa shape index (κ3) is 2.45. The minimum absolute atomic E-state index is 0.0541. The highest BCUT2D eigenvalue weighted by atomic mass is 19.4. The molecule has 0 aromatic carbocycles. The summed E-state index contributed by atoms with van der Waals surface area (Å²) in [4.78, 5) is 9.51. The maximum absolute atomic E-state index is 12.9. The van der Waals surface area contributed by atoms with Gasteiger partial charge in [0.2, 0.25) is 0 Å². The lowest BCUT2D eigenvalue weighted by atomic mass is 10.3. The molecule has 8 nitrogen and oxygen atoms in total. The largest absolute Gasteiger partial charge is 0.453 e. The third-order valence-electron chi connectivity index (χ3n) is 3.98. The van der Waals surface area contributed by atoms with Gasteiger partial charge in [-0.2, -0.15) is 22.7 Å². The highest BCUT2D eigenvalue weighted by Crippen LogP contribution is 2.30. The van der Waals surface area contributed by atoms with Gasteiger partial charge in [-0.25, -0.2) is 9.67 Å². The lowest BCUT2D eigenvalue weighted by molar-refractivity contribution is -0.144. The van der Waals surface area contributed by atoms with Crippen LogP contribution in [0.1, 0.15) is 24.0 Å². The van der Waals surface area contributed by atoms with Crippen LogP contribution in [0.25, 0.3) is 5.78 Å². The van der Waals surface area contributed by atoms with Crippen molar-refractivity contribution in [2.75, 3.05) is 18.0 Å². The van der Waals surface area contributed by atoms with Gasteiger partial charge in [0.05, 0.1) is 12.2 Å². The van der Waals surface area contributed by atoms with Gasteiger partial charge in [-0.1, -0.05) is 5.21 Å². The van der Waals surface area contributed by atoms with Crippen LogP contribution >= 0.6 is 0 Å². The zero-order chi connectivity index (χ0) is 16.9. The number of aromatic nitrogens is 7. The average Bonchev–Trinajstić information content (AvgIpc) is 3.24. The van der Waals surface area contributed by atoms with E-state index >= 15 is 0 Å². The number of alkyl halides is 3. The third-order valence-corrected chi connectivity index (χ3v) is 3.98. The van der Waals surface area contributed by atoms with Crippen LogP contribution in [0.5, 0.6) is 0 Å². The zero-order valence-corrected chi connectivity index (χ0v) is 12.6. The molecule has 1 aliphatic heterocycles. The van der Waals surface area contributed by atoms with Crippen molar-refractivity contribution in [3.63, 3.8) is 0 Å². The molecule has 11 heteroatoms. The van der Waals surface area contributed by atoms with E-state index in [9.17, 15) is 13.2 Å². The van der Waals surface area contributed by atoms with Gasteiger partial charge in [0.1, 0.15) is 5.82 Å². The van der Waals surface area contributed by atoms with Crippen molar-refractivity contribution in [1.82, 2.24) is 34.6 Å². The van der Waals surface area contributed by atoms with Crippen molar-refractivity contribution >= 4 is 11.6 Å². The van der Waals surface area contributed by atoms with Crippen molar-refractivity contribution < 1.29 is 13.2 Å². The molecular formula is C13H13F3N8. The first-order chi connectivity index (χ1) is 11.4. The summed E-state index contributed by atoms with van der Waals surface area (Å²) in [6.07, 6.45) is -0.413. The van der Waals surface area contributed by atoms with Gasteiger partial charge < -0.3 is 4.90 Å². The van der Waals surface area contributed by atoms with Crippen LogP contribution in [-0.2, 0) is 6.18 Å². The zero-order valence-electron chi connectivity index (χ0n) is 12.6. The first-order valence-corrected chi connectivity index (χ1v) is 7.34. The number of hydrogen-bond acceptors (Lipinski definition) is 6. The molecule has 0 bridgehead atoms. The van der Waals surface area contributed by atoms with Gasteiger partial charge in [-0.3, -0.25) is 0 Å². The summed E-state index contributed by atoms with van der Waals surface area (Å²) < 4.78 is 41.6. The number of hydrogen-bond donors (Lipinski definition) is 0. The van der Waals surface area contributed by atoms with Crippen LogP contribution in [0.4, 0.5) is 19.0 Å². The van der Waals surface area contributed by atoms with Crippen LogP contribution in [-0.4, -0.2) is 47.7 Å². The Morgan fingerprint density at radius 2 is 2.08 bits per heavy atom. The predicted octanol–water partition coefficient (Wildman–Crippen LogP) is 1.49. The minimum Gasteiger partial charge on any atom is -0.354 e. The maximum Gasteiger partial charge on any atom is 0.453 e. The molecule has 1 aliphatic rings. The lowest BCUT2D eigenvalue weighted by Gasteiger charge is -2.19. The normalized spacial score (nSPS) is 18.7. The van der Waals surface area contributed by atoms with E-state index in [4.69, 9.17) is 0 Å². The molecule has 0 spiro atoms. The van der Waals surface area contributed by atoms with E-state index in [2.05, 4.69) is 25.4 Å². The van der Waals surface area contributed by atoms with Gasteiger partial charge >= 0.3 is 6.18 Å². The van der Waals surface area contributed by atoms with Gasteiger partial charge in [0.25, 0.3) is 11.6 Å². The Morgan fingerprint density at radius 1 is 1.25 bits per heavy atom. The fourth-order valence-corrected chi connectivity index (χ4v) is 2.89. The van der Waals surface area contributed by atoms with Crippen molar-refractivity contribution in [3.8, 4) is 0 Å². The van der Waals surface area contributed by atoms with Crippen LogP contribution in [0.3, 0.4) is 0 Å². The SMILES string of the molecule is Cc1cc(N2CCC(n3ccnn3)C2)n2nc(C(F)(F)F)nc2n1. The molecule has 4 rings (SSSR count). The van der Waals surface area contributed by atoms with Gasteiger partial charge in [-0.05, 0) is 13.3 Å². The first-order valence-electron chi connectivity index (χ1n) is 7.34. The van der Waals surface area contributed by atoms with Crippen LogP contribution in [0.2, 0.25) is 0 Å². The van der Waals surface area contributed by atoms with E-state index in [0.29, 0.717) is 24.6 Å². The van der Waals surface area contributed by atoms with E-state index in [1.54, 1.807) is 30.1 Å². The molecule has 4 heterocycles. The van der Waals surface area contributed by atoms with Gasteiger partial charge in [0.15, 0.2) is 0 Å². The maximum atomic E-state index is 12.9. The van der Waals surface area contributed by atoms with E-state index in [-0.39, 0.29) is 11.8 Å². The number of rotatable bonds is 2. The molecule has 1 unspecified atom stereocenters. The van der Waals surface area contributed by atoms with E-state index in [0.717, 1.165) is 10.9 Å². The second-order valence-corrected chi connectivity index (χ2v) is 5.67. The average molecular weight is 338 g/mol.